The van der Waals surface area contributed by atoms with Gasteiger partial charge in [-0.05, 0) is 42.3 Å². The Morgan fingerprint density at radius 2 is 1.71 bits per heavy atom. The number of halogens is 1. The quantitative estimate of drug-likeness (QED) is 0.509. The Morgan fingerprint density at radius 3 is 2.42 bits per heavy atom. The smallest absolute Gasteiger partial charge is 0.261 e. The molecule has 0 spiro atoms. The van der Waals surface area contributed by atoms with Crippen LogP contribution in [0.5, 0.6) is 5.75 Å². The van der Waals surface area contributed by atoms with Crippen molar-refractivity contribution in [2.24, 2.45) is 0 Å². The van der Waals surface area contributed by atoms with Gasteiger partial charge in [-0.2, -0.15) is 0 Å². The molecular formula is C25H25ClN2O3. The maximum absolute atomic E-state index is 13.2. The van der Waals surface area contributed by atoms with Crippen LogP contribution in [0.2, 0.25) is 5.02 Å². The molecular weight excluding hydrogens is 412 g/mol. The van der Waals surface area contributed by atoms with Crippen LogP contribution in [0.25, 0.3) is 0 Å². The molecule has 0 heterocycles. The Kier molecular flexibility index (Phi) is 7.68. The molecule has 3 aromatic carbocycles. The van der Waals surface area contributed by atoms with Crippen LogP contribution in [0.1, 0.15) is 31.0 Å². The van der Waals surface area contributed by atoms with Gasteiger partial charge < -0.3 is 15.0 Å². The summed E-state index contributed by atoms with van der Waals surface area (Å²) in [6.45, 7) is 3.72. The molecule has 1 unspecified atom stereocenters. The van der Waals surface area contributed by atoms with Gasteiger partial charge in [-0.25, -0.2) is 0 Å². The van der Waals surface area contributed by atoms with E-state index in [0.29, 0.717) is 23.0 Å². The highest BCUT2D eigenvalue weighted by atomic mass is 35.5. The van der Waals surface area contributed by atoms with Gasteiger partial charge in [0.25, 0.3) is 5.91 Å². The van der Waals surface area contributed by atoms with E-state index in [2.05, 4.69) is 5.32 Å². The molecule has 6 heteroatoms. The van der Waals surface area contributed by atoms with E-state index in [9.17, 15) is 9.59 Å². The molecule has 0 saturated heterocycles. The van der Waals surface area contributed by atoms with E-state index >= 15 is 0 Å². The molecule has 3 rings (SSSR count). The van der Waals surface area contributed by atoms with Crippen molar-refractivity contribution < 1.29 is 14.3 Å². The topological polar surface area (TPSA) is 58.6 Å². The van der Waals surface area contributed by atoms with E-state index in [0.717, 1.165) is 11.1 Å². The molecule has 0 bridgehead atoms. The predicted octanol–water partition coefficient (Wildman–Crippen LogP) is 5.47. The maximum atomic E-state index is 13.2. The Bertz CT molecular complexity index is 1040. The first-order chi connectivity index (χ1) is 14.9. The second-order valence-electron chi connectivity index (χ2n) is 7.21. The standard InChI is InChI=1S/C25H25ClN2O3/c1-18(21-11-8-12-22(15-21)27-19(2)29)28(16-20-9-4-3-5-10-20)25(30)17-31-24-14-7-6-13-23(24)26/h3-15,18H,16-17H2,1-2H3,(H,27,29). The zero-order valence-corrected chi connectivity index (χ0v) is 18.3. The molecule has 31 heavy (non-hydrogen) atoms. The highest BCUT2D eigenvalue weighted by Crippen LogP contribution is 2.27. The number of amides is 2. The van der Waals surface area contributed by atoms with E-state index in [-0.39, 0.29) is 24.5 Å². The van der Waals surface area contributed by atoms with Gasteiger partial charge in [0, 0.05) is 19.2 Å². The summed E-state index contributed by atoms with van der Waals surface area (Å²) in [5.41, 5.74) is 2.61. The van der Waals surface area contributed by atoms with Crippen molar-refractivity contribution in [2.45, 2.75) is 26.4 Å². The van der Waals surface area contributed by atoms with Crippen LogP contribution in [0, 0.1) is 0 Å². The van der Waals surface area contributed by atoms with Gasteiger partial charge in [0.1, 0.15) is 5.75 Å². The lowest BCUT2D eigenvalue weighted by Gasteiger charge is -2.30. The average molecular weight is 437 g/mol. The summed E-state index contributed by atoms with van der Waals surface area (Å²) in [5.74, 6) is 0.161. The molecule has 5 nitrogen and oxygen atoms in total. The molecule has 2 amide bonds. The van der Waals surface area contributed by atoms with Gasteiger partial charge in [-0.15, -0.1) is 0 Å². The molecule has 0 fully saturated rings. The van der Waals surface area contributed by atoms with Crippen LogP contribution in [-0.2, 0) is 16.1 Å². The van der Waals surface area contributed by atoms with Crippen molar-refractivity contribution >= 4 is 29.1 Å². The van der Waals surface area contributed by atoms with E-state index in [1.54, 1.807) is 17.0 Å². The third-order valence-electron chi connectivity index (χ3n) is 4.86. The monoisotopic (exact) mass is 436 g/mol. The lowest BCUT2D eigenvalue weighted by atomic mass is 10.0. The second-order valence-corrected chi connectivity index (χ2v) is 7.62. The lowest BCUT2D eigenvalue weighted by Crippen LogP contribution is -2.36. The van der Waals surface area contributed by atoms with Gasteiger partial charge >= 0.3 is 0 Å². The fourth-order valence-electron chi connectivity index (χ4n) is 3.26. The fourth-order valence-corrected chi connectivity index (χ4v) is 3.46. The van der Waals surface area contributed by atoms with E-state index in [1.165, 1.54) is 6.92 Å². The van der Waals surface area contributed by atoms with Gasteiger partial charge in [-0.3, -0.25) is 9.59 Å². The molecule has 0 aliphatic carbocycles. The first-order valence-corrected chi connectivity index (χ1v) is 10.4. The summed E-state index contributed by atoms with van der Waals surface area (Å²) in [6, 6.07) is 24.1. The highest BCUT2D eigenvalue weighted by molar-refractivity contribution is 6.32. The minimum absolute atomic E-state index is 0.133. The first kappa shape index (κ1) is 22.4. The van der Waals surface area contributed by atoms with Gasteiger partial charge in [0.2, 0.25) is 5.91 Å². The molecule has 0 aliphatic heterocycles. The molecule has 0 aromatic heterocycles. The fraction of sp³-hybridized carbons (Fsp3) is 0.200. The number of para-hydroxylation sites is 1. The van der Waals surface area contributed by atoms with E-state index < -0.39 is 0 Å². The number of rotatable bonds is 8. The number of benzene rings is 3. The zero-order valence-electron chi connectivity index (χ0n) is 17.5. The van der Waals surface area contributed by atoms with Crippen LogP contribution in [0.3, 0.4) is 0 Å². The van der Waals surface area contributed by atoms with Gasteiger partial charge in [-0.1, -0.05) is 66.2 Å². The molecule has 0 aliphatic rings. The minimum Gasteiger partial charge on any atom is -0.482 e. The summed E-state index contributed by atoms with van der Waals surface area (Å²) < 4.78 is 5.70. The zero-order chi connectivity index (χ0) is 22.2. The van der Waals surface area contributed by atoms with Crippen LogP contribution in [0.4, 0.5) is 5.69 Å². The van der Waals surface area contributed by atoms with Gasteiger partial charge in [0.15, 0.2) is 6.61 Å². The van der Waals surface area contributed by atoms with Gasteiger partial charge in [0.05, 0.1) is 11.1 Å². The summed E-state index contributed by atoms with van der Waals surface area (Å²) in [6.07, 6.45) is 0. The van der Waals surface area contributed by atoms with Crippen LogP contribution in [-0.4, -0.2) is 23.3 Å². The van der Waals surface area contributed by atoms with E-state index in [4.69, 9.17) is 16.3 Å². The van der Waals surface area contributed by atoms with Crippen molar-refractivity contribution in [2.75, 3.05) is 11.9 Å². The third-order valence-corrected chi connectivity index (χ3v) is 5.17. The number of nitrogens with zero attached hydrogens (tertiary/aromatic N) is 1. The van der Waals surface area contributed by atoms with Crippen molar-refractivity contribution in [1.29, 1.82) is 0 Å². The Labute approximate surface area is 187 Å². The number of nitrogens with one attached hydrogen (secondary N) is 1. The number of carbonyl (C=O) groups is 2. The predicted molar refractivity (Wildman–Crippen MR) is 123 cm³/mol. The molecule has 0 radical (unpaired) electrons. The number of ether oxygens (including phenoxy) is 1. The SMILES string of the molecule is CC(=O)Nc1cccc(C(C)N(Cc2ccccc2)C(=O)COc2ccccc2Cl)c1. The van der Waals surface area contributed by atoms with Crippen molar-refractivity contribution in [3.05, 3.63) is 95.0 Å². The van der Waals surface area contributed by atoms with Crippen LogP contribution in [0.15, 0.2) is 78.9 Å². The van der Waals surface area contributed by atoms with E-state index in [1.807, 2.05) is 73.7 Å². The molecule has 160 valence electrons. The summed E-state index contributed by atoms with van der Waals surface area (Å²) in [5, 5.41) is 3.25. The Balaban J connectivity index is 1.82. The third kappa shape index (κ3) is 6.33. The Morgan fingerprint density at radius 1 is 1.00 bits per heavy atom. The largest absolute Gasteiger partial charge is 0.482 e. The minimum atomic E-state index is -0.240. The summed E-state index contributed by atoms with van der Waals surface area (Å²) in [7, 11) is 0. The number of hydrogen-bond donors (Lipinski definition) is 1. The molecule has 1 N–H and O–H groups in total. The highest BCUT2D eigenvalue weighted by Gasteiger charge is 2.23. The first-order valence-electron chi connectivity index (χ1n) is 10.0. The lowest BCUT2D eigenvalue weighted by molar-refractivity contribution is -0.136. The number of anilines is 1. The van der Waals surface area contributed by atoms with Crippen LogP contribution >= 0.6 is 11.6 Å². The number of carbonyl (C=O) groups excluding carboxylic acids is 2. The van der Waals surface area contributed by atoms with Crippen molar-refractivity contribution in [3.8, 4) is 5.75 Å². The van der Waals surface area contributed by atoms with Crippen molar-refractivity contribution in [3.63, 3.8) is 0 Å². The summed E-state index contributed by atoms with van der Waals surface area (Å²) in [4.78, 5) is 26.4. The average Bonchev–Trinajstić information content (AvgIpc) is 2.77. The molecule has 0 saturated carbocycles. The Hall–Kier alpha value is -3.31. The molecule has 1 atom stereocenters. The van der Waals surface area contributed by atoms with Crippen molar-refractivity contribution in [1.82, 2.24) is 4.90 Å². The second kappa shape index (κ2) is 10.6. The molecule has 3 aromatic rings. The van der Waals surface area contributed by atoms with Crippen LogP contribution < -0.4 is 10.1 Å². The number of hydrogen-bond acceptors (Lipinski definition) is 3. The maximum Gasteiger partial charge on any atom is 0.261 e. The normalized spacial score (nSPS) is 11.5. The summed E-state index contributed by atoms with van der Waals surface area (Å²) >= 11 is 6.15.